The van der Waals surface area contributed by atoms with Crippen LogP contribution >= 0.6 is 0 Å². The Morgan fingerprint density at radius 1 is 0.583 bits per heavy atom. The largest absolute Gasteiger partial charge is 0.463 e. The highest BCUT2D eigenvalue weighted by Gasteiger charge is 2.02. The van der Waals surface area contributed by atoms with E-state index in [0.29, 0.717) is 19.6 Å². The molecule has 0 saturated carbocycles. The Labute approximate surface area is 150 Å². The number of rotatable bonds is 19. The molecule has 24 heavy (non-hydrogen) atoms. The minimum absolute atomic E-state index is 0.0684. The van der Waals surface area contributed by atoms with Crippen molar-refractivity contribution in [2.24, 2.45) is 0 Å². The molecule has 0 unspecified atom stereocenters. The number of carbonyl (C=O) groups excluding carboxylic acids is 1. The van der Waals surface area contributed by atoms with E-state index in [4.69, 9.17) is 9.47 Å². The molecular weight excluding hydrogens is 300 g/mol. The van der Waals surface area contributed by atoms with Gasteiger partial charge in [-0.15, -0.1) is 0 Å². The third-order valence-electron chi connectivity index (χ3n) is 4.37. The second-order valence-corrected chi connectivity index (χ2v) is 6.83. The maximum absolute atomic E-state index is 11.5. The normalized spacial score (nSPS) is 10.9. The monoisotopic (exact) mass is 342 g/mol. The summed E-state index contributed by atoms with van der Waals surface area (Å²) in [5.41, 5.74) is 0. The molecule has 0 aliphatic rings. The summed E-state index contributed by atoms with van der Waals surface area (Å²) in [6, 6.07) is 0. The lowest BCUT2D eigenvalue weighted by Gasteiger charge is -2.06. The van der Waals surface area contributed by atoms with Crippen LogP contribution in [0, 0.1) is 0 Å². The first kappa shape index (κ1) is 23.4. The summed E-state index contributed by atoms with van der Waals surface area (Å²) in [4.78, 5) is 11.5. The molecule has 0 heterocycles. The summed E-state index contributed by atoms with van der Waals surface area (Å²) in [7, 11) is 0. The molecule has 0 radical (unpaired) electrons. The van der Waals surface area contributed by atoms with Gasteiger partial charge in [-0.2, -0.15) is 0 Å². The van der Waals surface area contributed by atoms with Crippen molar-refractivity contribution in [2.45, 2.75) is 110 Å². The van der Waals surface area contributed by atoms with Crippen molar-refractivity contribution in [3.8, 4) is 0 Å². The lowest BCUT2D eigenvalue weighted by Crippen LogP contribution is -2.10. The van der Waals surface area contributed by atoms with E-state index in [1.165, 1.54) is 70.6 Å². The lowest BCUT2D eigenvalue weighted by atomic mass is 10.1. The number of unbranched alkanes of at least 4 members (excludes halogenated alkanes) is 12. The fraction of sp³-hybridized carbons (Fsp3) is 0.952. The SMILES string of the molecule is CCCCCCCCCCOCCOC(=O)CCCCCCCC. The van der Waals surface area contributed by atoms with E-state index >= 15 is 0 Å². The van der Waals surface area contributed by atoms with Gasteiger partial charge in [-0.1, -0.05) is 90.9 Å². The molecule has 144 valence electrons. The maximum Gasteiger partial charge on any atom is 0.305 e. The van der Waals surface area contributed by atoms with Gasteiger partial charge < -0.3 is 9.47 Å². The van der Waals surface area contributed by atoms with Gasteiger partial charge in [0, 0.05) is 13.0 Å². The zero-order valence-electron chi connectivity index (χ0n) is 16.5. The standard InChI is InChI=1S/C21H42O3/c1-3-5-7-9-11-12-14-16-18-23-19-20-24-21(22)17-15-13-10-8-6-4-2/h3-20H2,1-2H3. The highest BCUT2D eigenvalue weighted by Crippen LogP contribution is 2.09. The van der Waals surface area contributed by atoms with Gasteiger partial charge >= 0.3 is 5.97 Å². The number of carbonyl (C=O) groups is 1. The summed E-state index contributed by atoms with van der Waals surface area (Å²) in [6.45, 7) is 6.21. The van der Waals surface area contributed by atoms with Gasteiger partial charge in [0.2, 0.25) is 0 Å². The molecule has 0 amide bonds. The van der Waals surface area contributed by atoms with Crippen LogP contribution in [0.4, 0.5) is 0 Å². The first-order chi connectivity index (χ1) is 11.8. The first-order valence-electron chi connectivity index (χ1n) is 10.5. The zero-order valence-corrected chi connectivity index (χ0v) is 16.5. The van der Waals surface area contributed by atoms with Crippen LogP contribution in [-0.2, 0) is 14.3 Å². The van der Waals surface area contributed by atoms with Crippen LogP contribution in [0.15, 0.2) is 0 Å². The zero-order chi connectivity index (χ0) is 17.7. The van der Waals surface area contributed by atoms with Gasteiger partial charge in [0.1, 0.15) is 6.61 Å². The van der Waals surface area contributed by atoms with E-state index in [2.05, 4.69) is 13.8 Å². The van der Waals surface area contributed by atoms with Crippen LogP contribution < -0.4 is 0 Å². The fourth-order valence-corrected chi connectivity index (χ4v) is 2.78. The van der Waals surface area contributed by atoms with E-state index in [-0.39, 0.29) is 5.97 Å². The van der Waals surface area contributed by atoms with E-state index in [0.717, 1.165) is 25.9 Å². The number of hydrogen-bond acceptors (Lipinski definition) is 3. The van der Waals surface area contributed by atoms with Crippen molar-refractivity contribution < 1.29 is 14.3 Å². The van der Waals surface area contributed by atoms with Crippen molar-refractivity contribution in [3.05, 3.63) is 0 Å². The van der Waals surface area contributed by atoms with E-state index in [9.17, 15) is 4.79 Å². The lowest BCUT2D eigenvalue weighted by molar-refractivity contribution is -0.145. The average Bonchev–Trinajstić information content (AvgIpc) is 2.59. The minimum atomic E-state index is -0.0684. The molecule has 3 heteroatoms. The van der Waals surface area contributed by atoms with E-state index in [1.807, 2.05) is 0 Å². The molecule has 0 fully saturated rings. The molecule has 0 aromatic carbocycles. The van der Waals surface area contributed by atoms with Gasteiger partial charge in [-0.3, -0.25) is 4.79 Å². The molecule has 0 bridgehead atoms. The maximum atomic E-state index is 11.5. The third-order valence-corrected chi connectivity index (χ3v) is 4.37. The smallest absolute Gasteiger partial charge is 0.305 e. The molecule has 0 N–H and O–H groups in total. The number of ether oxygens (including phenoxy) is 2. The summed E-state index contributed by atoms with van der Waals surface area (Å²) in [6.07, 6.45) is 18.3. The summed E-state index contributed by atoms with van der Waals surface area (Å²) >= 11 is 0. The Bertz CT molecular complexity index is 253. The van der Waals surface area contributed by atoms with Crippen molar-refractivity contribution in [1.29, 1.82) is 0 Å². The molecule has 0 saturated heterocycles. The summed E-state index contributed by atoms with van der Waals surface area (Å²) in [5, 5.41) is 0. The van der Waals surface area contributed by atoms with Crippen molar-refractivity contribution in [1.82, 2.24) is 0 Å². The first-order valence-corrected chi connectivity index (χ1v) is 10.5. The third kappa shape index (κ3) is 19.5. The predicted octanol–water partition coefficient (Wildman–Crippen LogP) is 6.44. The van der Waals surface area contributed by atoms with Crippen LogP contribution in [0.2, 0.25) is 0 Å². The quantitative estimate of drug-likeness (QED) is 0.200. The van der Waals surface area contributed by atoms with E-state index < -0.39 is 0 Å². The predicted molar refractivity (Wildman–Crippen MR) is 102 cm³/mol. The molecule has 0 aliphatic carbocycles. The van der Waals surface area contributed by atoms with Gasteiger partial charge in [0.25, 0.3) is 0 Å². The Morgan fingerprint density at radius 2 is 1.08 bits per heavy atom. The highest BCUT2D eigenvalue weighted by molar-refractivity contribution is 5.69. The molecular formula is C21H42O3. The van der Waals surface area contributed by atoms with Crippen LogP contribution in [0.3, 0.4) is 0 Å². The van der Waals surface area contributed by atoms with Gasteiger partial charge in [-0.25, -0.2) is 0 Å². The van der Waals surface area contributed by atoms with Crippen molar-refractivity contribution >= 4 is 5.97 Å². The summed E-state index contributed by atoms with van der Waals surface area (Å²) in [5.74, 6) is -0.0684. The van der Waals surface area contributed by atoms with Crippen LogP contribution in [0.5, 0.6) is 0 Å². The number of esters is 1. The van der Waals surface area contributed by atoms with Crippen molar-refractivity contribution in [2.75, 3.05) is 19.8 Å². The van der Waals surface area contributed by atoms with Crippen molar-refractivity contribution in [3.63, 3.8) is 0 Å². The molecule has 3 nitrogen and oxygen atoms in total. The average molecular weight is 343 g/mol. The van der Waals surface area contributed by atoms with Crippen LogP contribution in [-0.4, -0.2) is 25.8 Å². The highest BCUT2D eigenvalue weighted by atomic mass is 16.6. The molecule has 0 aromatic rings. The molecule has 0 aromatic heterocycles. The molecule has 0 atom stereocenters. The number of hydrogen-bond donors (Lipinski definition) is 0. The molecule has 0 rings (SSSR count). The van der Waals surface area contributed by atoms with Crippen LogP contribution in [0.25, 0.3) is 0 Å². The second kappa shape index (κ2) is 20.5. The summed E-state index contributed by atoms with van der Waals surface area (Å²) < 4.78 is 10.7. The Morgan fingerprint density at radius 3 is 1.67 bits per heavy atom. The Kier molecular flexibility index (Phi) is 20.0. The van der Waals surface area contributed by atoms with Gasteiger partial charge in [0.15, 0.2) is 0 Å². The minimum Gasteiger partial charge on any atom is -0.463 e. The van der Waals surface area contributed by atoms with Gasteiger partial charge in [0.05, 0.1) is 6.61 Å². The Balaban J connectivity index is 3.11. The Hall–Kier alpha value is -0.570. The topological polar surface area (TPSA) is 35.5 Å². The fourth-order valence-electron chi connectivity index (χ4n) is 2.78. The molecule has 0 aliphatic heterocycles. The second-order valence-electron chi connectivity index (χ2n) is 6.83. The van der Waals surface area contributed by atoms with E-state index in [1.54, 1.807) is 0 Å². The van der Waals surface area contributed by atoms with Gasteiger partial charge in [-0.05, 0) is 12.8 Å². The van der Waals surface area contributed by atoms with Crippen LogP contribution in [0.1, 0.15) is 110 Å². The molecule has 0 spiro atoms.